The monoisotopic (exact) mass is 197 g/mol. The van der Waals surface area contributed by atoms with Gasteiger partial charge in [-0.15, -0.1) is 0 Å². The molecule has 0 bridgehead atoms. The highest BCUT2D eigenvalue weighted by atomic mass is 16.2. The second-order valence-electron chi connectivity index (χ2n) is 4.09. The number of carbonyl (C=O) groups is 2. The van der Waals surface area contributed by atoms with Crippen LogP contribution < -0.4 is 0 Å². The van der Waals surface area contributed by atoms with Gasteiger partial charge in [-0.3, -0.25) is 4.79 Å². The van der Waals surface area contributed by atoms with Crippen LogP contribution in [0.4, 0.5) is 0 Å². The molecule has 0 unspecified atom stereocenters. The molecular weight excluding hydrogens is 178 g/mol. The number of nitrogens with zero attached hydrogens (tertiary/aromatic N) is 1. The molecule has 1 aliphatic rings. The van der Waals surface area contributed by atoms with Crippen LogP contribution in [-0.2, 0) is 9.59 Å². The highest BCUT2D eigenvalue weighted by molar-refractivity contribution is 5.76. The molecule has 0 aromatic rings. The van der Waals surface area contributed by atoms with E-state index in [-0.39, 0.29) is 11.8 Å². The molecule has 0 aromatic heterocycles. The van der Waals surface area contributed by atoms with Gasteiger partial charge in [0.25, 0.3) is 0 Å². The maximum absolute atomic E-state index is 11.6. The molecule has 1 heterocycles. The summed E-state index contributed by atoms with van der Waals surface area (Å²) in [6, 6.07) is 0. The minimum absolute atomic E-state index is 0.0174. The van der Waals surface area contributed by atoms with E-state index in [0.717, 1.165) is 32.2 Å². The van der Waals surface area contributed by atoms with Crippen molar-refractivity contribution in [3.05, 3.63) is 0 Å². The van der Waals surface area contributed by atoms with Crippen molar-refractivity contribution >= 4 is 12.2 Å². The van der Waals surface area contributed by atoms with E-state index < -0.39 is 0 Å². The van der Waals surface area contributed by atoms with Gasteiger partial charge < -0.3 is 9.69 Å². The summed E-state index contributed by atoms with van der Waals surface area (Å²) in [6.07, 6.45) is 5.65. The molecule has 0 radical (unpaired) electrons. The quantitative estimate of drug-likeness (QED) is 0.642. The average Bonchev–Trinajstić information content (AvgIpc) is 2.26. The van der Waals surface area contributed by atoms with E-state index in [1.165, 1.54) is 6.42 Å². The fourth-order valence-electron chi connectivity index (χ4n) is 1.72. The molecule has 0 N–H and O–H groups in total. The van der Waals surface area contributed by atoms with Crippen LogP contribution in [0.2, 0.25) is 0 Å². The van der Waals surface area contributed by atoms with Crippen molar-refractivity contribution in [2.45, 2.75) is 39.0 Å². The molecule has 0 spiro atoms. The zero-order valence-electron chi connectivity index (χ0n) is 8.87. The Bertz CT molecular complexity index is 197. The van der Waals surface area contributed by atoms with Crippen LogP contribution in [0, 0.1) is 5.92 Å². The van der Waals surface area contributed by atoms with E-state index >= 15 is 0 Å². The summed E-state index contributed by atoms with van der Waals surface area (Å²) in [6.45, 7) is 3.68. The van der Waals surface area contributed by atoms with Crippen molar-refractivity contribution in [1.82, 2.24) is 4.90 Å². The van der Waals surface area contributed by atoms with Crippen LogP contribution in [0.5, 0.6) is 0 Å². The Morgan fingerprint density at radius 1 is 1.36 bits per heavy atom. The summed E-state index contributed by atoms with van der Waals surface area (Å²) in [5, 5.41) is 0. The number of likely N-dealkylation sites (tertiary alicyclic amines) is 1. The average molecular weight is 197 g/mol. The second kappa shape index (κ2) is 5.78. The molecule has 3 heteroatoms. The van der Waals surface area contributed by atoms with E-state index in [4.69, 9.17) is 0 Å². The maximum atomic E-state index is 11.6. The Morgan fingerprint density at radius 2 is 2.00 bits per heavy atom. The highest BCUT2D eigenvalue weighted by Crippen LogP contribution is 2.12. The lowest BCUT2D eigenvalue weighted by Gasteiger charge is -2.26. The van der Waals surface area contributed by atoms with Crippen molar-refractivity contribution in [2.75, 3.05) is 13.1 Å². The van der Waals surface area contributed by atoms with Gasteiger partial charge in [-0.1, -0.05) is 6.92 Å². The van der Waals surface area contributed by atoms with E-state index in [2.05, 4.69) is 0 Å². The summed E-state index contributed by atoms with van der Waals surface area (Å²) < 4.78 is 0. The fourth-order valence-corrected chi connectivity index (χ4v) is 1.72. The first kappa shape index (κ1) is 11.2. The number of aldehydes is 1. The summed E-state index contributed by atoms with van der Waals surface area (Å²) >= 11 is 0. The van der Waals surface area contributed by atoms with E-state index in [0.29, 0.717) is 12.8 Å². The van der Waals surface area contributed by atoms with Crippen molar-refractivity contribution in [3.63, 3.8) is 0 Å². The number of hydrogen-bond donors (Lipinski definition) is 0. The van der Waals surface area contributed by atoms with Crippen LogP contribution in [0.15, 0.2) is 0 Å². The molecule has 80 valence electrons. The smallest absolute Gasteiger partial charge is 0.222 e. The van der Waals surface area contributed by atoms with Gasteiger partial charge in [0.2, 0.25) is 5.91 Å². The summed E-state index contributed by atoms with van der Waals surface area (Å²) in [5.74, 6) is 0.238. The Hall–Kier alpha value is -0.860. The SMILES string of the molecule is C[C@H](C=O)CCC(=O)N1CCCCC1. The Labute approximate surface area is 85.5 Å². The predicted octanol–water partition coefficient (Wildman–Crippen LogP) is 1.61. The third-order valence-electron chi connectivity index (χ3n) is 2.75. The molecule has 1 saturated heterocycles. The zero-order valence-corrected chi connectivity index (χ0v) is 8.87. The largest absolute Gasteiger partial charge is 0.343 e. The highest BCUT2D eigenvalue weighted by Gasteiger charge is 2.16. The minimum Gasteiger partial charge on any atom is -0.343 e. The van der Waals surface area contributed by atoms with Crippen LogP contribution in [0.1, 0.15) is 39.0 Å². The van der Waals surface area contributed by atoms with Crippen LogP contribution >= 0.6 is 0 Å². The molecule has 1 amide bonds. The molecule has 1 atom stereocenters. The molecule has 0 aromatic carbocycles. The number of rotatable bonds is 4. The van der Waals surface area contributed by atoms with Crippen LogP contribution in [0.3, 0.4) is 0 Å². The molecule has 0 aliphatic carbocycles. The number of amides is 1. The first-order valence-corrected chi connectivity index (χ1v) is 5.47. The van der Waals surface area contributed by atoms with Gasteiger partial charge >= 0.3 is 0 Å². The van der Waals surface area contributed by atoms with Crippen molar-refractivity contribution in [2.24, 2.45) is 5.92 Å². The van der Waals surface area contributed by atoms with Crippen molar-refractivity contribution in [3.8, 4) is 0 Å². The maximum Gasteiger partial charge on any atom is 0.222 e. The number of carbonyl (C=O) groups excluding carboxylic acids is 2. The topological polar surface area (TPSA) is 37.4 Å². The van der Waals surface area contributed by atoms with Gasteiger partial charge in [0.1, 0.15) is 6.29 Å². The number of piperidine rings is 1. The Kier molecular flexibility index (Phi) is 4.63. The fraction of sp³-hybridized carbons (Fsp3) is 0.818. The first-order chi connectivity index (χ1) is 6.74. The molecule has 14 heavy (non-hydrogen) atoms. The van der Waals surface area contributed by atoms with Crippen molar-refractivity contribution < 1.29 is 9.59 Å². The number of hydrogen-bond acceptors (Lipinski definition) is 2. The molecule has 1 aliphatic heterocycles. The van der Waals surface area contributed by atoms with Gasteiger partial charge in [0.05, 0.1) is 0 Å². The minimum atomic E-state index is 0.0174. The zero-order chi connectivity index (χ0) is 10.4. The standard InChI is InChI=1S/C11H19NO2/c1-10(9-13)5-6-11(14)12-7-3-2-4-8-12/h9-10H,2-8H2,1H3/t10-/m0/s1. The van der Waals surface area contributed by atoms with Crippen LogP contribution in [-0.4, -0.2) is 30.2 Å². The molecule has 0 saturated carbocycles. The normalized spacial score (nSPS) is 19.1. The Balaban J connectivity index is 2.22. The third kappa shape index (κ3) is 3.48. The summed E-state index contributed by atoms with van der Waals surface area (Å²) in [7, 11) is 0. The second-order valence-corrected chi connectivity index (χ2v) is 4.09. The van der Waals surface area contributed by atoms with Gasteiger partial charge in [0, 0.05) is 25.4 Å². The third-order valence-corrected chi connectivity index (χ3v) is 2.75. The predicted molar refractivity (Wildman–Crippen MR) is 54.9 cm³/mol. The van der Waals surface area contributed by atoms with Gasteiger partial charge in [0.15, 0.2) is 0 Å². The van der Waals surface area contributed by atoms with Crippen LogP contribution in [0.25, 0.3) is 0 Å². The summed E-state index contributed by atoms with van der Waals surface area (Å²) in [5.41, 5.74) is 0. The summed E-state index contributed by atoms with van der Waals surface area (Å²) in [4.78, 5) is 23.9. The van der Waals surface area contributed by atoms with Crippen molar-refractivity contribution in [1.29, 1.82) is 0 Å². The van der Waals surface area contributed by atoms with Gasteiger partial charge in [-0.05, 0) is 25.7 Å². The lowest BCUT2D eigenvalue weighted by atomic mass is 10.1. The van der Waals surface area contributed by atoms with E-state index in [9.17, 15) is 9.59 Å². The Morgan fingerprint density at radius 3 is 2.57 bits per heavy atom. The molecular formula is C11H19NO2. The lowest BCUT2D eigenvalue weighted by Crippen LogP contribution is -2.35. The van der Waals surface area contributed by atoms with E-state index in [1.807, 2.05) is 11.8 Å². The first-order valence-electron chi connectivity index (χ1n) is 5.47. The van der Waals surface area contributed by atoms with Gasteiger partial charge in [-0.25, -0.2) is 0 Å². The molecule has 1 rings (SSSR count). The van der Waals surface area contributed by atoms with E-state index in [1.54, 1.807) is 0 Å². The molecule has 3 nitrogen and oxygen atoms in total. The van der Waals surface area contributed by atoms with Gasteiger partial charge in [-0.2, -0.15) is 0 Å². The molecule has 1 fully saturated rings. The lowest BCUT2D eigenvalue weighted by molar-refractivity contribution is -0.132.